The van der Waals surface area contributed by atoms with Crippen molar-refractivity contribution in [3.63, 3.8) is 0 Å². The quantitative estimate of drug-likeness (QED) is 0.584. The molecule has 0 unspecified atom stereocenters. The van der Waals surface area contributed by atoms with E-state index in [4.69, 9.17) is 4.42 Å². The van der Waals surface area contributed by atoms with Crippen molar-refractivity contribution in [2.75, 3.05) is 13.1 Å². The van der Waals surface area contributed by atoms with Gasteiger partial charge in [0.1, 0.15) is 11.4 Å². The lowest BCUT2D eigenvalue weighted by Crippen LogP contribution is -2.42. The molecule has 1 aliphatic rings. The van der Waals surface area contributed by atoms with E-state index in [1.807, 2.05) is 24.3 Å². The average Bonchev–Trinajstić information content (AvgIpc) is 3.07. The van der Waals surface area contributed by atoms with Crippen LogP contribution < -0.4 is 10.6 Å². The summed E-state index contributed by atoms with van der Waals surface area (Å²) in [7, 11) is 0. The average molecular weight is 421 g/mol. The van der Waals surface area contributed by atoms with Gasteiger partial charge in [0.2, 0.25) is 0 Å². The van der Waals surface area contributed by atoms with Gasteiger partial charge in [-0.3, -0.25) is 4.79 Å². The first-order valence-corrected chi connectivity index (χ1v) is 10.1. The van der Waals surface area contributed by atoms with Crippen LogP contribution in [0.3, 0.4) is 0 Å². The Morgan fingerprint density at radius 3 is 2.61 bits per heavy atom. The van der Waals surface area contributed by atoms with E-state index in [9.17, 15) is 9.18 Å². The van der Waals surface area contributed by atoms with Gasteiger partial charge in [-0.1, -0.05) is 18.2 Å². The molecule has 1 aliphatic heterocycles. The molecule has 1 saturated heterocycles. The Balaban J connectivity index is 0.00000225. The van der Waals surface area contributed by atoms with Crippen molar-refractivity contribution in [2.24, 2.45) is 0 Å². The first-order chi connectivity index (χ1) is 13.2. The van der Waals surface area contributed by atoms with Gasteiger partial charge in [0, 0.05) is 27.6 Å². The highest BCUT2D eigenvalue weighted by Gasteiger charge is 2.23. The number of nitrogens with one attached hydrogen (secondary N) is 2. The predicted octanol–water partition coefficient (Wildman–Crippen LogP) is 4.77. The van der Waals surface area contributed by atoms with Gasteiger partial charge in [0.25, 0.3) is 5.91 Å². The Kier molecular flexibility index (Phi) is 6.99. The van der Waals surface area contributed by atoms with Gasteiger partial charge in [-0.25, -0.2) is 4.39 Å². The molecule has 1 aromatic heterocycles. The molecule has 2 heterocycles. The highest BCUT2D eigenvalue weighted by atomic mass is 35.5. The Labute approximate surface area is 173 Å². The third kappa shape index (κ3) is 4.69. The van der Waals surface area contributed by atoms with Gasteiger partial charge in [0.15, 0.2) is 5.76 Å². The molecule has 2 N–H and O–H groups in total. The number of rotatable bonds is 5. The number of para-hydroxylation sites is 1. The number of thioether (sulfide) groups is 1. The van der Waals surface area contributed by atoms with Crippen LogP contribution in [0.1, 0.15) is 29.0 Å². The number of benzene rings is 2. The van der Waals surface area contributed by atoms with E-state index in [2.05, 4.69) is 10.6 Å². The van der Waals surface area contributed by atoms with Crippen molar-refractivity contribution in [1.29, 1.82) is 0 Å². The molecule has 28 heavy (non-hydrogen) atoms. The number of carbonyl (C=O) groups excluding carboxylic acids is 1. The fraction of sp³-hybridized carbons (Fsp3) is 0.286. The van der Waals surface area contributed by atoms with Crippen LogP contribution in [0.5, 0.6) is 0 Å². The van der Waals surface area contributed by atoms with Crippen molar-refractivity contribution in [2.45, 2.75) is 29.5 Å². The van der Waals surface area contributed by atoms with Crippen LogP contribution in [-0.4, -0.2) is 25.0 Å². The molecule has 7 heteroatoms. The first kappa shape index (κ1) is 20.7. The molecule has 4 nitrogen and oxygen atoms in total. The Morgan fingerprint density at radius 2 is 1.86 bits per heavy atom. The number of furan rings is 1. The first-order valence-electron chi connectivity index (χ1n) is 9.11. The molecule has 0 saturated carbocycles. The van der Waals surface area contributed by atoms with Crippen LogP contribution in [0, 0.1) is 5.82 Å². The van der Waals surface area contributed by atoms with E-state index < -0.39 is 0 Å². The van der Waals surface area contributed by atoms with Crippen LogP contribution in [0.15, 0.2) is 57.8 Å². The molecular weight excluding hydrogens is 399 g/mol. The van der Waals surface area contributed by atoms with Crippen molar-refractivity contribution in [1.82, 2.24) is 10.6 Å². The number of carbonyl (C=O) groups is 1. The van der Waals surface area contributed by atoms with E-state index in [0.29, 0.717) is 17.1 Å². The molecule has 2 aromatic carbocycles. The normalized spacial score (nSPS) is 14.6. The zero-order valence-corrected chi connectivity index (χ0v) is 16.9. The lowest BCUT2D eigenvalue weighted by Gasteiger charge is -2.23. The minimum atomic E-state index is -0.254. The fourth-order valence-electron chi connectivity index (χ4n) is 3.33. The van der Waals surface area contributed by atoms with Crippen LogP contribution in [-0.2, 0) is 5.75 Å². The fourth-order valence-corrected chi connectivity index (χ4v) is 4.26. The van der Waals surface area contributed by atoms with Gasteiger partial charge in [0.05, 0.1) is 0 Å². The molecular formula is C21H22ClFN2O2S. The van der Waals surface area contributed by atoms with Gasteiger partial charge in [-0.2, -0.15) is 0 Å². The van der Waals surface area contributed by atoms with Crippen LogP contribution in [0.25, 0.3) is 11.0 Å². The van der Waals surface area contributed by atoms with E-state index in [-0.39, 0.29) is 30.2 Å². The van der Waals surface area contributed by atoms with Crippen molar-refractivity contribution < 1.29 is 13.6 Å². The van der Waals surface area contributed by atoms with Crippen molar-refractivity contribution in [3.8, 4) is 0 Å². The maximum Gasteiger partial charge on any atom is 0.287 e. The summed E-state index contributed by atoms with van der Waals surface area (Å²) in [5.41, 5.74) is 1.59. The van der Waals surface area contributed by atoms with Gasteiger partial charge >= 0.3 is 0 Å². The molecule has 1 fully saturated rings. The molecule has 148 valence electrons. The van der Waals surface area contributed by atoms with Gasteiger partial charge < -0.3 is 15.1 Å². The van der Waals surface area contributed by atoms with E-state index in [1.165, 1.54) is 12.1 Å². The summed E-state index contributed by atoms with van der Waals surface area (Å²) in [6.07, 6.45) is 1.84. The van der Waals surface area contributed by atoms with Gasteiger partial charge in [-0.05, 0) is 56.3 Å². The summed E-state index contributed by atoms with van der Waals surface area (Å²) in [5, 5.41) is 7.36. The van der Waals surface area contributed by atoms with Crippen LogP contribution in [0.2, 0.25) is 0 Å². The lowest BCUT2D eigenvalue weighted by atomic mass is 10.1. The summed E-state index contributed by atoms with van der Waals surface area (Å²) in [4.78, 5) is 13.8. The standard InChI is InChI=1S/C21H21FN2O2S.ClH/c22-14-5-7-16(8-6-14)27-13-18-17-3-1-2-4-19(17)26-20(18)21(25)24-15-9-11-23-12-10-15;/h1-8,15,23H,9-13H2,(H,24,25);1H. The number of hydrogen-bond donors (Lipinski definition) is 2. The second kappa shape index (κ2) is 9.45. The second-order valence-corrected chi connectivity index (χ2v) is 7.69. The Hall–Kier alpha value is -2.02. The second-order valence-electron chi connectivity index (χ2n) is 6.65. The predicted molar refractivity (Wildman–Crippen MR) is 113 cm³/mol. The summed E-state index contributed by atoms with van der Waals surface area (Å²) in [6.45, 7) is 1.83. The summed E-state index contributed by atoms with van der Waals surface area (Å²) in [5.74, 6) is 0.546. The Bertz CT molecular complexity index is 939. The monoisotopic (exact) mass is 420 g/mol. The highest BCUT2D eigenvalue weighted by Crippen LogP contribution is 2.32. The van der Waals surface area contributed by atoms with E-state index in [0.717, 1.165) is 41.8 Å². The third-order valence-electron chi connectivity index (χ3n) is 4.78. The molecule has 1 amide bonds. The largest absolute Gasteiger partial charge is 0.451 e. The number of halogens is 2. The summed E-state index contributed by atoms with van der Waals surface area (Å²) < 4.78 is 19.0. The highest BCUT2D eigenvalue weighted by molar-refractivity contribution is 7.98. The molecule has 4 rings (SSSR count). The lowest BCUT2D eigenvalue weighted by molar-refractivity contribution is 0.0902. The smallest absolute Gasteiger partial charge is 0.287 e. The topological polar surface area (TPSA) is 54.3 Å². The molecule has 0 aliphatic carbocycles. The SMILES string of the molecule is Cl.O=C(NC1CCNCC1)c1oc2ccccc2c1CSc1ccc(F)cc1. The van der Waals surface area contributed by atoms with Gasteiger partial charge in [-0.15, -0.1) is 24.2 Å². The van der Waals surface area contributed by atoms with Crippen molar-refractivity contribution >= 4 is 41.0 Å². The van der Waals surface area contributed by atoms with E-state index >= 15 is 0 Å². The molecule has 0 radical (unpaired) electrons. The summed E-state index contributed by atoms with van der Waals surface area (Å²) in [6, 6.07) is 14.2. The zero-order valence-electron chi connectivity index (χ0n) is 15.2. The molecule has 0 atom stereocenters. The van der Waals surface area contributed by atoms with Crippen LogP contribution >= 0.6 is 24.2 Å². The third-order valence-corrected chi connectivity index (χ3v) is 5.81. The maximum atomic E-state index is 13.1. The maximum absolute atomic E-state index is 13.1. The number of hydrogen-bond acceptors (Lipinski definition) is 4. The number of piperidine rings is 1. The number of fused-ring (bicyclic) bond motifs is 1. The zero-order chi connectivity index (χ0) is 18.6. The molecule has 0 bridgehead atoms. The van der Waals surface area contributed by atoms with E-state index in [1.54, 1.807) is 23.9 Å². The Morgan fingerprint density at radius 1 is 1.14 bits per heavy atom. The summed E-state index contributed by atoms with van der Waals surface area (Å²) >= 11 is 1.56. The minimum Gasteiger partial charge on any atom is -0.451 e. The van der Waals surface area contributed by atoms with Crippen molar-refractivity contribution in [3.05, 3.63) is 65.7 Å². The molecule has 0 spiro atoms. The van der Waals surface area contributed by atoms with Crippen LogP contribution in [0.4, 0.5) is 4.39 Å². The molecule has 3 aromatic rings. The number of amides is 1. The minimum absolute atomic E-state index is 0.